The van der Waals surface area contributed by atoms with Crippen molar-refractivity contribution < 1.29 is 9.29 Å². The van der Waals surface area contributed by atoms with E-state index in [4.69, 9.17) is 4.74 Å². The molecule has 1 heterocycles. The number of hydrogen-bond acceptors (Lipinski definition) is 3. The van der Waals surface area contributed by atoms with Gasteiger partial charge in [0.2, 0.25) is 0 Å². The summed E-state index contributed by atoms with van der Waals surface area (Å²) in [6.07, 6.45) is 2.60. The normalized spacial score (nSPS) is 16.9. The Bertz CT molecular complexity index is 438. The maximum atomic E-state index is 11.8. The molecular weight excluding hydrogens is 234 g/mol. The number of fused-ring (bicyclic) bond motifs is 1. The Hall–Kier alpha value is -1.00. The predicted molar refractivity (Wildman–Crippen MR) is 71.1 cm³/mol. The van der Waals surface area contributed by atoms with Gasteiger partial charge in [0, 0.05) is 12.0 Å². The molecule has 2 rings (SSSR count). The number of rotatable bonds is 2. The smallest absolute Gasteiger partial charge is 0.144 e. The van der Waals surface area contributed by atoms with Crippen LogP contribution in [0.2, 0.25) is 0 Å². The second kappa shape index (κ2) is 4.70. The minimum absolute atomic E-state index is 0.324. The zero-order valence-corrected chi connectivity index (χ0v) is 11.2. The Balaban J connectivity index is 2.20. The van der Waals surface area contributed by atoms with Crippen LogP contribution in [-0.2, 0) is 17.8 Å². The SMILES string of the molecule is CC(C)(C)[S@@+]([O-])/N=C/c1cccc2c1OCC2. The molecule has 0 saturated carbocycles. The molecule has 1 aliphatic heterocycles. The fourth-order valence-electron chi connectivity index (χ4n) is 1.61. The number of para-hydroxylation sites is 1. The highest BCUT2D eigenvalue weighted by Gasteiger charge is 2.26. The molecule has 3 nitrogen and oxygen atoms in total. The average Bonchev–Trinajstić information content (AvgIpc) is 2.72. The molecule has 0 spiro atoms. The summed E-state index contributed by atoms with van der Waals surface area (Å²) in [5.41, 5.74) is 2.12. The van der Waals surface area contributed by atoms with Crippen LogP contribution in [0.3, 0.4) is 0 Å². The van der Waals surface area contributed by atoms with Crippen molar-refractivity contribution in [2.24, 2.45) is 4.40 Å². The molecule has 1 aliphatic rings. The maximum Gasteiger partial charge on any atom is 0.144 e. The molecule has 0 amide bonds. The summed E-state index contributed by atoms with van der Waals surface area (Å²) < 4.78 is 21.2. The van der Waals surface area contributed by atoms with Crippen LogP contribution in [0.25, 0.3) is 0 Å². The molecule has 0 unspecified atom stereocenters. The van der Waals surface area contributed by atoms with Crippen molar-refractivity contribution >= 4 is 17.6 Å². The lowest BCUT2D eigenvalue weighted by molar-refractivity contribution is 0.356. The molecule has 0 saturated heterocycles. The summed E-state index contributed by atoms with van der Waals surface area (Å²) in [7, 11) is 0. The third kappa shape index (κ3) is 2.82. The molecule has 92 valence electrons. The third-order valence-corrected chi connectivity index (χ3v) is 3.90. The standard InChI is InChI=1S/C13H17NO2S/c1-13(2,3)17(15)14-9-11-6-4-5-10-7-8-16-12(10)11/h4-6,9H,7-8H2,1-3H3/b14-9+/t17-/m1/s1. The van der Waals surface area contributed by atoms with Crippen molar-refractivity contribution in [3.8, 4) is 5.75 Å². The highest BCUT2D eigenvalue weighted by atomic mass is 32.2. The third-order valence-electron chi connectivity index (χ3n) is 2.56. The fourth-order valence-corrected chi connectivity index (χ4v) is 2.13. The van der Waals surface area contributed by atoms with Gasteiger partial charge in [0.05, 0.1) is 12.8 Å². The Labute approximate surface area is 105 Å². The monoisotopic (exact) mass is 251 g/mol. The molecule has 1 aromatic rings. The lowest BCUT2D eigenvalue weighted by Gasteiger charge is -2.17. The van der Waals surface area contributed by atoms with E-state index < -0.39 is 11.4 Å². The number of ether oxygens (including phenoxy) is 1. The van der Waals surface area contributed by atoms with Crippen molar-refractivity contribution in [3.05, 3.63) is 29.3 Å². The van der Waals surface area contributed by atoms with E-state index in [9.17, 15) is 4.55 Å². The van der Waals surface area contributed by atoms with E-state index in [1.807, 2.05) is 32.9 Å². The van der Waals surface area contributed by atoms with Crippen molar-refractivity contribution in [3.63, 3.8) is 0 Å². The van der Waals surface area contributed by atoms with Gasteiger partial charge in [-0.25, -0.2) is 0 Å². The van der Waals surface area contributed by atoms with E-state index >= 15 is 0 Å². The van der Waals surface area contributed by atoms with Gasteiger partial charge < -0.3 is 9.29 Å². The van der Waals surface area contributed by atoms with Crippen molar-refractivity contribution in [1.29, 1.82) is 0 Å². The molecule has 0 aromatic heterocycles. The van der Waals surface area contributed by atoms with E-state index in [2.05, 4.69) is 10.5 Å². The van der Waals surface area contributed by atoms with Crippen LogP contribution in [0.5, 0.6) is 5.75 Å². The first-order valence-corrected chi connectivity index (χ1v) is 6.80. The van der Waals surface area contributed by atoms with Crippen molar-refractivity contribution in [2.45, 2.75) is 31.9 Å². The quantitative estimate of drug-likeness (QED) is 0.599. The zero-order chi connectivity index (χ0) is 12.5. The summed E-state index contributed by atoms with van der Waals surface area (Å²) in [6, 6.07) is 5.97. The number of hydrogen-bond donors (Lipinski definition) is 0. The largest absolute Gasteiger partial charge is 0.591 e. The Morgan fingerprint density at radius 1 is 1.41 bits per heavy atom. The van der Waals surface area contributed by atoms with Gasteiger partial charge in [-0.05, 0) is 32.4 Å². The van der Waals surface area contributed by atoms with Gasteiger partial charge in [0.15, 0.2) is 0 Å². The minimum atomic E-state index is -1.22. The van der Waals surface area contributed by atoms with Crippen molar-refractivity contribution in [2.75, 3.05) is 6.61 Å². The highest BCUT2D eigenvalue weighted by molar-refractivity contribution is 7.91. The lowest BCUT2D eigenvalue weighted by Crippen LogP contribution is -2.25. The average molecular weight is 251 g/mol. The first-order chi connectivity index (χ1) is 7.98. The van der Waals surface area contributed by atoms with E-state index in [1.54, 1.807) is 6.21 Å². The molecule has 17 heavy (non-hydrogen) atoms. The van der Waals surface area contributed by atoms with Gasteiger partial charge in [-0.15, -0.1) is 0 Å². The topological polar surface area (TPSA) is 44.7 Å². The molecule has 0 aliphatic carbocycles. The van der Waals surface area contributed by atoms with Crippen LogP contribution < -0.4 is 4.74 Å². The molecule has 1 atom stereocenters. The maximum absolute atomic E-state index is 11.8. The molecule has 0 bridgehead atoms. The lowest BCUT2D eigenvalue weighted by atomic mass is 10.1. The van der Waals surface area contributed by atoms with E-state index in [0.29, 0.717) is 0 Å². The first-order valence-electron chi connectivity index (χ1n) is 5.69. The van der Waals surface area contributed by atoms with Gasteiger partial charge in [-0.1, -0.05) is 16.5 Å². The highest BCUT2D eigenvalue weighted by Crippen LogP contribution is 2.28. The van der Waals surface area contributed by atoms with Crippen LogP contribution in [0.15, 0.2) is 22.6 Å². The minimum Gasteiger partial charge on any atom is -0.591 e. The van der Waals surface area contributed by atoms with Crippen molar-refractivity contribution in [1.82, 2.24) is 0 Å². The van der Waals surface area contributed by atoms with E-state index in [-0.39, 0.29) is 4.75 Å². The van der Waals surface area contributed by atoms with E-state index in [0.717, 1.165) is 24.3 Å². The van der Waals surface area contributed by atoms with E-state index in [1.165, 1.54) is 5.56 Å². The Kier molecular flexibility index (Phi) is 3.45. The second-order valence-electron chi connectivity index (χ2n) is 5.03. The fraction of sp³-hybridized carbons (Fsp3) is 0.462. The Morgan fingerprint density at radius 2 is 2.18 bits per heavy atom. The first kappa shape index (κ1) is 12.5. The Morgan fingerprint density at radius 3 is 2.88 bits per heavy atom. The summed E-state index contributed by atoms with van der Waals surface area (Å²) in [4.78, 5) is 0. The summed E-state index contributed by atoms with van der Waals surface area (Å²) in [6.45, 7) is 6.45. The van der Waals surface area contributed by atoms with Gasteiger partial charge >= 0.3 is 0 Å². The molecule has 4 heteroatoms. The van der Waals surface area contributed by atoms with Gasteiger partial charge in [-0.3, -0.25) is 0 Å². The number of nitrogens with zero attached hydrogens (tertiary/aromatic N) is 1. The van der Waals surface area contributed by atoms with Gasteiger partial charge in [-0.2, -0.15) is 0 Å². The zero-order valence-electron chi connectivity index (χ0n) is 10.4. The molecule has 1 aromatic carbocycles. The van der Waals surface area contributed by atoms with Crippen LogP contribution in [0.4, 0.5) is 0 Å². The second-order valence-corrected chi connectivity index (χ2v) is 6.96. The molecule has 0 radical (unpaired) electrons. The summed E-state index contributed by atoms with van der Waals surface area (Å²) in [5, 5.41) is 0. The van der Waals surface area contributed by atoms with Gasteiger partial charge in [0.25, 0.3) is 0 Å². The predicted octanol–water partition coefficient (Wildman–Crippen LogP) is 2.50. The number of benzene rings is 1. The van der Waals surface area contributed by atoms with Crippen LogP contribution in [-0.4, -0.2) is 22.1 Å². The molecule has 0 fully saturated rings. The summed E-state index contributed by atoms with van der Waals surface area (Å²) in [5.74, 6) is 0.891. The van der Waals surface area contributed by atoms with Crippen LogP contribution in [0, 0.1) is 0 Å². The summed E-state index contributed by atoms with van der Waals surface area (Å²) >= 11 is -1.22. The molecular formula is C13H17NO2S. The van der Waals surface area contributed by atoms with Crippen LogP contribution in [0.1, 0.15) is 31.9 Å². The van der Waals surface area contributed by atoms with Crippen LogP contribution >= 0.6 is 0 Å². The van der Waals surface area contributed by atoms with Gasteiger partial charge in [0.1, 0.15) is 21.9 Å². The molecule has 0 N–H and O–H groups in total.